The van der Waals surface area contributed by atoms with E-state index in [1.165, 1.54) is 13.2 Å². The molecule has 224 valence electrons. The average Bonchev–Trinajstić information content (AvgIpc) is 2.87. The highest BCUT2D eigenvalue weighted by atomic mass is 35.5. The van der Waals surface area contributed by atoms with Gasteiger partial charge in [-0.2, -0.15) is 26.3 Å². The van der Waals surface area contributed by atoms with Gasteiger partial charge in [0.15, 0.2) is 0 Å². The molecule has 1 aliphatic heterocycles. The number of amides is 1. The molecule has 41 heavy (non-hydrogen) atoms. The van der Waals surface area contributed by atoms with Crippen LogP contribution in [0.3, 0.4) is 0 Å². The van der Waals surface area contributed by atoms with E-state index < -0.39 is 35.9 Å². The van der Waals surface area contributed by atoms with Crippen molar-refractivity contribution in [1.29, 1.82) is 0 Å². The molecule has 1 amide bonds. The maximum absolute atomic E-state index is 13.6. The Labute approximate surface area is 247 Å². The molecule has 0 radical (unpaired) electrons. The number of pyridine rings is 1. The molecule has 2 heterocycles. The molecule has 5 nitrogen and oxygen atoms in total. The first-order valence-corrected chi connectivity index (χ1v) is 12.3. The number of halogens is 8. The van der Waals surface area contributed by atoms with Gasteiger partial charge in [0.05, 0.1) is 16.7 Å². The van der Waals surface area contributed by atoms with E-state index in [9.17, 15) is 31.1 Å². The van der Waals surface area contributed by atoms with Crippen LogP contribution in [0, 0.1) is 6.92 Å². The standard InChI is InChI=1S/C28H28F6N4O.2ClH/c1-18-6-4-5-7-22(18)23-15-25(38-10-8-36(2)9-11-38)35-16-24(23)26(39)37(3)17-19-12-20(27(29,30)31)14-21(13-19)28(32,33)34;;/h4-7,12-16H,8-11,17H2,1-3H3;2*1H. The van der Waals surface area contributed by atoms with Crippen LogP contribution in [0.25, 0.3) is 11.1 Å². The van der Waals surface area contributed by atoms with Gasteiger partial charge < -0.3 is 14.7 Å². The van der Waals surface area contributed by atoms with Crippen LogP contribution in [-0.4, -0.2) is 61.0 Å². The molecule has 0 saturated carbocycles. The lowest BCUT2D eigenvalue weighted by atomic mass is 9.96. The first-order valence-electron chi connectivity index (χ1n) is 12.3. The zero-order valence-corrected chi connectivity index (χ0v) is 24.1. The lowest BCUT2D eigenvalue weighted by molar-refractivity contribution is -0.143. The number of alkyl halides is 6. The summed E-state index contributed by atoms with van der Waals surface area (Å²) in [6, 6.07) is 10.6. The molecule has 1 saturated heterocycles. The predicted molar refractivity (Wildman–Crippen MR) is 151 cm³/mol. The molecule has 0 aliphatic carbocycles. The van der Waals surface area contributed by atoms with Crippen molar-refractivity contribution in [2.45, 2.75) is 25.8 Å². The third-order valence-corrected chi connectivity index (χ3v) is 6.80. The number of aromatic nitrogens is 1. The van der Waals surface area contributed by atoms with Crippen molar-refractivity contribution in [3.05, 3.63) is 82.5 Å². The van der Waals surface area contributed by atoms with E-state index in [1.54, 1.807) is 0 Å². The zero-order chi connectivity index (χ0) is 28.5. The normalized spacial score (nSPS) is 14.2. The highest BCUT2D eigenvalue weighted by Crippen LogP contribution is 2.37. The molecular formula is C28H30Cl2F6N4O. The van der Waals surface area contributed by atoms with Crippen LogP contribution >= 0.6 is 24.8 Å². The van der Waals surface area contributed by atoms with Gasteiger partial charge in [0.2, 0.25) is 0 Å². The van der Waals surface area contributed by atoms with Crippen molar-refractivity contribution in [2.24, 2.45) is 0 Å². The largest absolute Gasteiger partial charge is 0.416 e. The van der Waals surface area contributed by atoms with Gasteiger partial charge in [0.1, 0.15) is 5.82 Å². The number of anilines is 1. The molecule has 1 aliphatic rings. The van der Waals surface area contributed by atoms with Crippen molar-refractivity contribution in [2.75, 3.05) is 45.2 Å². The van der Waals surface area contributed by atoms with Crippen LogP contribution in [0.4, 0.5) is 32.2 Å². The molecule has 0 N–H and O–H groups in total. The molecule has 3 aromatic rings. The Morgan fingerprint density at radius 1 is 0.878 bits per heavy atom. The second-order valence-corrected chi connectivity index (χ2v) is 9.77. The van der Waals surface area contributed by atoms with Crippen molar-refractivity contribution in [1.82, 2.24) is 14.8 Å². The maximum Gasteiger partial charge on any atom is 0.416 e. The van der Waals surface area contributed by atoms with Crippen molar-refractivity contribution < 1.29 is 31.1 Å². The molecule has 0 spiro atoms. The lowest BCUT2D eigenvalue weighted by Crippen LogP contribution is -2.44. The van der Waals surface area contributed by atoms with Crippen molar-refractivity contribution in [3.8, 4) is 11.1 Å². The van der Waals surface area contributed by atoms with E-state index in [0.717, 1.165) is 42.2 Å². The second-order valence-electron chi connectivity index (χ2n) is 9.77. The molecule has 1 fully saturated rings. The molecule has 0 unspecified atom stereocenters. The smallest absolute Gasteiger partial charge is 0.354 e. The monoisotopic (exact) mass is 622 g/mol. The Hall–Kier alpha value is -3.02. The number of likely N-dealkylation sites (N-methyl/N-ethyl adjacent to an activating group) is 1. The van der Waals surface area contributed by atoms with Crippen LogP contribution < -0.4 is 4.90 Å². The fourth-order valence-electron chi connectivity index (χ4n) is 4.58. The third kappa shape index (κ3) is 8.05. The number of carbonyl (C=O) groups excluding carboxylic acids is 1. The molecular weight excluding hydrogens is 593 g/mol. The first kappa shape index (κ1) is 34.2. The molecule has 0 bridgehead atoms. The average molecular weight is 623 g/mol. The Morgan fingerprint density at radius 3 is 1.98 bits per heavy atom. The summed E-state index contributed by atoms with van der Waals surface area (Å²) < 4.78 is 80.0. The maximum atomic E-state index is 13.6. The SMILES string of the molecule is Cc1ccccc1-c1cc(N2CCN(C)CC2)ncc1C(=O)N(C)Cc1cc(C(F)(F)F)cc(C(F)(F)F)c1.Cl.Cl. The van der Waals surface area contributed by atoms with Gasteiger partial charge in [-0.15, -0.1) is 24.8 Å². The summed E-state index contributed by atoms with van der Waals surface area (Å²) in [6.07, 6.45) is -8.51. The van der Waals surface area contributed by atoms with Gasteiger partial charge in [-0.3, -0.25) is 4.79 Å². The summed E-state index contributed by atoms with van der Waals surface area (Å²) >= 11 is 0. The number of nitrogens with zero attached hydrogens (tertiary/aromatic N) is 4. The summed E-state index contributed by atoms with van der Waals surface area (Å²) in [5, 5.41) is 0. The number of carbonyl (C=O) groups is 1. The Kier molecular flexibility index (Phi) is 11.1. The van der Waals surface area contributed by atoms with Gasteiger partial charge in [-0.05, 0) is 60.5 Å². The van der Waals surface area contributed by atoms with Crippen molar-refractivity contribution in [3.63, 3.8) is 0 Å². The van der Waals surface area contributed by atoms with E-state index in [4.69, 9.17) is 0 Å². The van der Waals surface area contributed by atoms with Crippen LogP contribution in [-0.2, 0) is 18.9 Å². The number of aryl methyl sites for hydroxylation is 1. The second kappa shape index (κ2) is 13.3. The number of hydrogen-bond acceptors (Lipinski definition) is 4. The van der Waals surface area contributed by atoms with Crippen LogP contribution in [0.15, 0.2) is 54.7 Å². The molecule has 2 aromatic carbocycles. The summed E-state index contributed by atoms with van der Waals surface area (Å²) in [7, 11) is 3.37. The summed E-state index contributed by atoms with van der Waals surface area (Å²) in [6.45, 7) is 4.63. The fourth-order valence-corrected chi connectivity index (χ4v) is 4.58. The van der Waals surface area contributed by atoms with E-state index in [1.807, 2.05) is 44.3 Å². The van der Waals surface area contributed by atoms with Crippen LogP contribution in [0.5, 0.6) is 0 Å². The minimum absolute atomic E-state index is 0. The number of rotatable bonds is 5. The van der Waals surface area contributed by atoms with Gasteiger partial charge in [0.25, 0.3) is 5.91 Å². The molecule has 4 rings (SSSR count). The number of hydrogen-bond donors (Lipinski definition) is 0. The highest BCUT2D eigenvalue weighted by molar-refractivity contribution is 6.01. The third-order valence-electron chi connectivity index (χ3n) is 6.80. The quantitative estimate of drug-likeness (QED) is 0.288. The van der Waals surface area contributed by atoms with Gasteiger partial charge >= 0.3 is 12.4 Å². The Bertz CT molecular complexity index is 1330. The minimum atomic E-state index is -4.97. The van der Waals surface area contributed by atoms with Crippen molar-refractivity contribution >= 4 is 36.5 Å². The van der Waals surface area contributed by atoms with E-state index in [2.05, 4.69) is 14.8 Å². The first-order chi connectivity index (χ1) is 18.2. The fraction of sp³-hybridized carbons (Fsp3) is 0.357. The predicted octanol–water partition coefficient (Wildman–Crippen LogP) is 6.96. The van der Waals surface area contributed by atoms with E-state index in [-0.39, 0.29) is 42.0 Å². The molecule has 13 heteroatoms. The van der Waals surface area contributed by atoms with Gasteiger partial charge in [0, 0.05) is 46.0 Å². The summed E-state index contributed by atoms with van der Waals surface area (Å²) in [5.74, 6) is 0.116. The van der Waals surface area contributed by atoms with E-state index >= 15 is 0 Å². The number of piperazine rings is 1. The lowest BCUT2D eigenvalue weighted by Gasteiger charge is -2.33. The minimum Gasteiger partial charge on any atom is -0.354 e. The van der Waals surface area contributed by atoms with E-state index in [0.29, 0.717) is 23.5 Å². The highest BCUT2D eigenvalue weighted by Gasteiger charge is 2.37. The van der Waals surface area contributed by atoms with Gasteiger partial charge in [-0.1, -0.05) is 24.3 Å². The molecule has 1 aromatic heterocycles. The van der Waals surface area contributed by atoms with Gasteiger partial charge in [-0.25, -0.2) is 4.98 Å². The topological polar surface area (TPSA) is 39.7 Å². The number of benzene rings is 2. The zero-order valence-electron chi connectivity index (χ0n) is 22.5. The van der Waals surface area contributed by atoms with Crippen LogP contribution in [0.1, 0.15) is 32.6 Å². The summed E-state index contributed by atoms with van der Waals surface area (Å²) in [4.78, 5) is 23.5. The Morgan fingerprint density at radius 2 is 1.44 bits per heavy atom. The molecule has 0 atom stereocenters. The summed E-state index contributed by atoms with van der Waals surface area (Å²) in [5.41, 5.74) is -0.657. The Balaban J connectivity index is 0.00000294. The van der Waals surface area contributed by atoms with Crippen LogP contribution in [0.2, 0.25) is 0 Å².